The van der Waals surface area contributed by atoms with Crippen LogP contribution in [-0.4, -0.2) is 0 Å². The van der Waals surface area contributed by atoms with E-state index in [0.29, 0.717) is 0 Å². The van der Waals surface area contributed by atoms with Crippen LogP contribution in [-0.2, 0) is 5.41 Å². The third-order valence-corrected chi connectivity index (χ3v) is 13.2. The molecule has 1 nitrogen and oxygen atoms in total. The zero-order valence-electron chi connectivity index (χ0n) is 31.9. The van der Waals surface area contributed by atoms with Crippen LogP contribution in [0.4, 0.5) is 17.1 Å². The average Bonchev–Trinajstić information content (AvgIpc) is 3.76. The molecule has 0 spiro atoms. The Morgan fingerprint density at radius 1 is 0.386 bits per heavy atom. The van der Waals surface area contributed by atoms with E-state index < -0.39 is 0 Å². The first kappa shape index (κ1) is 33.6. The van der Waals surface area contributed by atoms with Crippen LogP contribution < -0.4 is 4.90 Å². The normalized spacial score (nSPS) is 12.9. The fourth-order valence-corrected chi connectivity index (χ4v) is 10.4. The van der Waals surface area contributed by atoms with E-state index in [1.54, 1.807) is 0 Å². The van der Waals surface area contributed by atoms with Crippen molar-refractivity contribution >= 4 is 59.3 Å². The molecule has 0 unspecified atom stereocenters. The van der Waals surface area contributed by atoms with Crippen LogP contribution >= 0.6 is 11.3 Å². The van der Waals surface area contributed by atoms with Crippen LogP contribution in [0.2, 0.25) is 0 Å². The minimum atomic E-state index is -0.0416. The highest BCUT2D eigenvalue weighted by Crippen LogP contribution is 2.50. The Morgan fingerprint density at radius 3 is 1.89 bits per heavy atom. The number of thiophene rings is 1. The summed E-state index contributed by atoms with van der Waals surface area (Å²) in [5.41, 5.74) is 16.2. The second-order valence-electron chi connectivity index (χ2n) is 15.7. The number of hydrogen-bond acceptors (Lipinski definition) is 2. The number of hydrogen-bond donors (Lipinski definition) is 0. The summed E-state index contributed by atoms with van der Waals surface area (Å²) in [5, 5.41) is 5.09. The molecule has 1 aromatic heterocycles. The largest absolute Gasteiger partial charge is 0.310 e. The van der Waals surface area contributed by atoms with Crippen molar-refractivity contribution in [2.75, 3.05) is 4.90 Å². The van der Waals surface area contributed by atoms with E-state index in [2.05, 4.69) is 219 Å². The molecule has 2 heteroatoms. The molecule has 57 heavy (non-hydrogen) atoms. The molecule has 9 aromatic carbocycles. The number of rotatable bonds is 6. The molecule has 1 aliphatic rings. The average molecular weight is 746 g/mol. The standard InChI is InChI=1S/C55H39NS/c1-55(2)49-23-7-5-20-46(49)47-32-29-40(35-50(47)55)36-27-30-42(31-28-36)56(51-24-12-26-53-54(51)48-21-6-8-25-52(48)57-53)43-18-10-16-39(34-43)38-15-9-17-41(33-38)45-22-11-14-37-13-3-4-19-44(37)45/h3-35H,1-2H3. The van der Waals surface area contributed by atoms with E-state index in [1.807, 2.05) is 11.3 Å². The molecular formula is C55H39NS. The summed E-state index contributed by atoms with van der Waals surface area (Å²) in [5.74, 6) is 0. The Balaban J connectivity index is 1.03. The molecule has 11 rings (SSSR count). The summed E-state index contributed by atoms with van der Waals surface area (Å²) in [6, 6.07) is 73.9. The first-order valence-electron chi connectivity index (χ1n) is 19.8. The van der Waals surface area contributed by atoms with Crippen molar-refractivity contribution in [3.63, 3.8) is 0 Å². The van der Waals surface area contributed by atoms with Gasteiger partial charge in [0.05, 0.1) is 5.69 Å². The maximum Gasteiger partial charge on any atom is 0.0554 e. The Morgan fingerprint density at radius 2 is 1.00 bits per heavy atom. The lowest BCUT2D eigenvalue weighted by molar-refractivity contribution is 0.660. The molecule has 1 heterocycles. The van der Waals surface area contributed by atoms with E-state index >= 15 is 0 Å². The Labute approximate surface area is 337 Å². The third-order valence-electron chi connectivity index (χ3n) is 12.1. The monoisotopic (exact) mass is 745 g/mol. The fraction of sp³-hybridized carbons (Fsp3) is 0.0545. The summed E-state index contributed by atoms with van der Waals surface area (Å²) in [6.45, 7) is 4.70. The highest BCUT2D eigenvalue weighted by molar-refractivity contribution is 7.26. The van der Waals surface area contributed by atoms with Crippen molar-refractivity contribution in [1.82, 2.24) is 0 Å². The quantitative estimate of drug-likeness (QED) is 0.164. The molecule has 10 aromatic rings. The minimum absolute atomic E-state index is 0.0416. The lowest BCUT2D eigenvalue weighted by Gasteiger charge is -2.27. The van der Waals surface area contributed by atoms with E-state index in [1.165, 1.54) is 92.3 Å². The van der Waals surface area contributed by atoms with Gasteiger partial charge in [-0.3, -0.25) is 0 Å². The second kappa shape index (κ2) is 13.2. The molecule has 0 radical (unpaired) electrons. The Kier molecular flexibility index (Phi) is 7.77. The zero-order valence-corrected chi connectivity index (χ0v) is 32.7. The van der Waals surface area contributed by atoms with Crippen LogP contribution in [0, 0.1) is 0 Å². The van der Waals surface area contributed by atoms with E-state index in [4.69, 9.17) is 0 Å². The van der Waals surface area contributed by atoms with Crippen LogP contribution in [0.5, 0.6) is 0 Å². The summed E-state index contributed by atoms with van der Waals surface area (Å²) in [6.07, 6.45) is 0. The van der Waals surface area contributed by atoms with Crippen molar-refractivity contribution in [3.05, 3.63) is 211 Å². The van der Waals surface area contributed by atoms with Gasteiger partial charge in [0.15, 0.2) is 0 Å². The van der Waals surface area contributed by atoms with Gasteiger partial charge in [-0.25, -0.2) is 0 Å². The maximum absolute atomic E-state index is 2.45. The first-order valence-corrected chi connectivity index (χ1v) is 20.6. The Hall–Kier alpha value is -6.74. The summed E-state index contributed by atoms with van der Waals surface area (Å²) < 4.78 is 2.59. The van der Waals surface area contributed by atoms with E-state index in [9.17, 15) is 0 Å². The predicted octanol–water partition coefficient (Wildman–Crippen LogP) is 16.0. The highest BCUT2D eigenvalue weighted by Gasteiger charge is 2.35. The first-order chi connectivity index (χ1) is 28.0. The highest BCUT2D eigenvalue weighted by atomic mass is 32.1. The number of fused-ring (bicyclic) bond motifs is 7. The Bertz CT molecular complexity index is 3160. The van der Waals surface area contributed by atoms with Gasteiger partial charge in [0.1, 0.15) is 0 Å². The SMILES string of the molecule is CC1(C)c2ccccc2-c2ccc(-c3ccc(N(c4cccc(-c5cccc(-c6cccc7ccccc67)c5)c4)c4cccc5sc6ccccc6c45)cc3)cc21. The van der Waals surface area contributed by atoms with Crippen LogP contribution in [0.15, 0.2) is 200 Å². The molecule has 0 amide bonds. The van der Waals surface area contributed by atoms with Gasteiger partial charge in [-0.1, -0.05) is 159 Å². The van der Waals surface area contributed by atoms with Gasteiger partial charge in [0, 0.05) is 37.0 Å². The predicted molar refractivity (Wildman–Crippen MR) is 245 cm³/mol. The number of benzene rings is 9. The minimum Gasteiger partial charge on any atom is -0.310 e. The maximum atomic E-state index is 2.45. The molecular weight excluding hydrogens is 707 g/mol. The van der Waals surface area contributed by atoms with Crippen molar-refractivity contribution in [1.29, 1.82) is 0 Å². The topological polar surface area (TPSA) is 3.24 Å². The van der Waals surface area contributed by atoms with Crippen molar-refractivity contribution in [3.8, 4) is 44.5 Å². The van der Waals surface area contributed by atoms with Gasteiger partial charge >= 0.3 is 0 Å². The van der Waals surface area contributed by atoms with Crippen molar-refractivity contribution in [2.45, 2.75) is 19.3 Å². The van der Waals surface area contributed by atoms with Gasteiger partial charge in [0.25, 0.3) is 0 Å². The molecule has 0 N–H and O–H groups in total. The smallest absolute Gasteiger partial charge is 0.0554 e. The van der Waals surface area contributed by atoms with Gasteiger partial charge in [-0.05, 0) is 121 Å². The van der Waals surface area contributed by atoms with Crippen molar-refractivity contribution in [2.24, 2.45) is 0 Å². The molecule has 0 fully saturated rings. The zero-order chi connectivity index (χ0) is 38.1. The summed E-state index contributed by atoms with van der Waals surface area (Å²) in [4.78, 5) is 2.45. The van der Waals surface area contributed by atoms with Crippen LogP contribution in [0.25, 0.3) is 75.5 Å². The summed E-state index contributed by atoms with van der Waals surface area (Å²) >= 11 is 1.86. The molecule has 0 atom stereocenters. The molecule has 0 aliphatic heterocycles. The molecule has 0 bridgehead atoms. The van der Waals surface area contributed by atoms with Gasteiger partial charge in [-0.2, -0.15) is 0 Å². The second-order valence-corrected chi connectivity index (χ2v) is 16.8. The van der Waals surface area contributed by atoms with Crippen LogP contribution in [0.1, 0.15) is 25.0 Å². The lowest BCUT2D eigenvalue weighted by Crippen LogP contribution is -2.14. The molecule has 0 saturated carbocycles. The van der Waals surface area contributed by atoms with Gasteiger partial charge in [-0.15, -0.1) is 11.3 Å². The molecule has 0 saturated heterocycles. The fourth-order valence-electron chi connectivity index (χ4n) is 9.22. The van der Waals surface area contributed by atoms with Gasteiger partial charge in [0.2, 0.25) is 0 Å². The van der Waals surface area contributed by atoms with E-state index in [-0.39, 0.29) is 5.41 Å². The number of nitrogens with zero attached hydrogens (tertiary/aromatic N) is 1. The molecule has 1 aliphatic carbocycles. The van der Waals surface area contributed by atoms with Crippen molar-refractivity contribution < 1.29 is 0 Å². The number of anilines is 3. The van der Waals surface area contributed by atoms with Gasteiger partial charge < -0.3 is 4.90 Å². The summed E-state index contributed by atoms with van der Waals surface area (Å²) in [7, 11) is 0. The molecule has 270 valence electrons. The van der Waals surface area contributed by atoms with E-state index in [0.717, 1.165) is 11.4 Å². The lowest BCUT2D eigenvalue weighted by atomic mass is 9.81. The van der Waals surface area contributed by atoms with Crippen LogP contribution in [0.3, 0.4) is 0 Å². The third kappa shape index (κ3) is 5.51.